The van der Waals surface area contributed by atoms with E-state index < -0.39 is 17.8 Å². The van der Waals surface area contributed by atoms with Crippen LogP contribution in [0.15, 0.2) is 36.7 Å². The number of hydrogen-bond acceptors (Lipinski definition) is 3. The standard InChI is InChI=1S/C18H21FN4O2/c1-3-23-11-12(10-15(23)24)18(25)21-16(17-20-8-9-22(17)2)13-6-4-5-7-14(13)19/h4-9,12,16H,3,10-11H2,1-2H3,(H,21,25)/t12-,16+/m1/s1. The van der Waals surface area contributed by atoms with E-state index >= 15 is 0 Å². The lowest BCUT2D eigenvalue weighted by atomic mass is 10.0. The van der Waals surface area contributed by atoms with Gasteiger partial charge in [-0.05, 0) is 13.0 Å². The summed E-state index contributed by atoms with van der Waals surface area (Å²) in [6.07, 6.45) is 3.53. The lowest BCUT2D eigenvalue weighted by Crippen LogP contribution is -2.37. The highest BCUT2D eigenvalue weighted by atomic mass is 19.1. The predicted molar refractivity (Wildman–Crippen MR) is 90.0 cm³/mol. The van der Waals surface area contributed by atoms with Gasteiger partial charge in [0, 0.05) is 44.5 Å². The molecule has 0 saturated carbocycles. The Morgan fingerprint density at radius 2 is 2.20 bits per heavy atom. The van der Waals surface area contributed by atoms with E-state index in [1.54, 1.807) is 47.1 Å². The molecule has 1 N–H and O–H groups in total. The second-order valence-corrected chi connectivity index (χ2v) is 6.19. The van der Waals surface area contributed by atoms with Crippen LogP contribution in [0.2, 0.25) is 0 Å². The number of likely N-dealkylation sites (tertiary alicyclic amines) is 1. The SMILES string of the molecule is CCN1C[C@H](C(=O)N[C@@H](c2ccccc2F)c2nccn2C)CC1=O. The lowest BCUT2D eigenvalue weighted by molar-refractivity contribution is -0.129. The molecular weight excluding hydrogens is 323 g/mol. The minimum atomic E-state index is -0.709. The zero-order valence-corrected chi connectivity index (χ0v) is 14.3. The Morgan fingerprint density at radius 3 is 2.80 bits per heavy atom. The van der Waals surface area contributed by atoms with Crippen molar-refractivity contribution in [1.82, 2.24) is 19.8 Å². The number of imidazole rings is 1. The first kappa shape index (κ1) is 17.1. The average Bonchev–Trinajstić information content (AvgIpc) is 3.19. The van der Waals surface area contributed by atoms with Gasteiger partial charge in [0.05, 0.1) is 5.92 Å². The van der Waals surface area contributed by atoms with E-state index in [0.29, 0.717) is 24.5 Å². The van der Waals surface area contributed by atoms with Crippen molar-refractivity contribution in [2.24, 2.45) is 13.0 Å². The quantitative estimate of drug-likeness (QED) is 0.896. The fourth-order valence-electron chi connectivity index (χ4n) is 3.16. The Morgan fingerprint density at radius 1 is 1.44 bits per heavy atom. The summed E-state index contributed by atoms with van der Waals surface area (Å²) in [7, 11) is 1.79. The molecule has 2 atom stereocenters. The Bertz CT molecular complexity index is 789. The van der Waals surface area contributed by atoms with Gasteiger partial charge in [-0.15, -0.1) is 0 Å². The van der Waals surface area contributed by atoms with E-state index in [2.05, 4.69) is 10.3 Å². The number of benzene rings is 1. The summed E-state index contributed by atoms with van der Waals surface area (Å²) >= 11 is 0. The van der Waals surface area contributed by atoms with Crippen LogP contribution >= 0.6 is 0 Å². The second kappa shape index (κ2) is 7.04. The van der Waals surface area contributed by atoms with Crippen molar-refractivity contribution in [3.05, 3.63) is 53.9 Å². The van der Waals surface area contributed by atoms with Gasteiger partial charge in [0.2, 0.25) is 11.8 Å². The van der Waals surface area contributed by atoms with Gasteiger partial charge in [0.15, 0.2) is 0 Å². The second-order valence-electron chi connectivity index (χ2n) is 6.19. The van der Waals surface area contributed by atoms with Gasteiger partial charge in [-0.2, -0.15) is 0 Å². The molecule has 0 spiro atoms. The Hall–Kier alpha value is -2.70. The number of carbonyl (C=O) groups is 2. The topological polar surface area (TPSA) is 67.2 Å². The number of halogens is 1. The molecule has 1 aromatic heterocycles. The highest BCUT2D eigenvalue weighted by molar-refractivity contribution is 5.89. The van der Waals surface area contributed by atoms with Crippen molar-refractivity contribution in [3.63, 3.8) is 0 Å². The van der Waals surface area contributed by atoms with Crippen LogP contribution in [0.3, 0.4) is 0 Å². The van der Waals surface area contributed by atoms with E-state index in [1.807, 2.05) is 6.92 Å². The smallest absolute Gasteiger partial charge is 0.226 e. The van der Waals surface area contributed by atoms with Crippen molar-refractivity contribution in [2.45, 2.75) is 19.4 Å². The number of nitrogens with one attached hydrogen (secondary N) is 1. The van der Waals surface area contributed by atoms with Crippen molar-refractivity contribution < 1.29 is 14.0 Å². The first-order chi connectivity index (χ1) is 12.0. The van der Waals surface area contributed by atoms with Crippen LogP contribution in [0.1, 0.15) is 30.8 Å². The molecule has 2 heterocycles. The lowest BCUT2D eigenvalue weighted by Gasteiger charge is -2.21. The van der Waals surface area contributed by atoms with E-state index in [4.69, 9.17) is 0 Å². The number of amides is 2. The maximum absolute atomic E-state index is 14.3. The van der Waals surface area contributed by atoms with Crippen LogP contribution in [-0.4, -0.2) is 39.4 Å². The molecule has 1 aliphatic rings. The van der Waals surface area contributed by atoms with E-state index in [1.165, 1.54) is 6.07 Å². The summed E-state index contributed by atoms with van der Waals surface area (Å²) < 4.78 is 16.1. The molecule has 2 aromatic rings. The molecule has 7 heteroatoms. The zero-order valence-electron chi connectivity index (χ0n) is 14.3. The molecule has 25 heavy (non-hydrogen) atoms. The summed E-state index contributed by atoms with van der Waals surface area (Å²) in [6, 6.07) is 5.60. The number of rotatable bonds is 5. The Balaban J connectivity index is 1.86. The van der Waals surface area contributed by atoms with Crippen LogP contribution in [0, 0.1) is 11.7 Å². The van der Waals surface area contributed by atoms with Crippen molar-refractivity contribution >= 4 is 11.8 Å². The van der Waals surface area contributed by atoms with Gasteiger partial charge in [-0.3, -0.25) is 9.59 Å². The average molecular weight is 344 g/mol. The maximum Gasteiger partial charge on any atom is 0.226 e. The number of carbonyl (C=O) groups excluding carboxylic acids is 2. The molecule has 3 rings (SSSR count). The molecular formula is C18H21FN4O2. The zero-order chi connectivity index (χ0) is 18.0. The van der Waals surface area contributed by atoms with Crippen LogP contribution in [-0.2, 0) is 16.6 Å². The van der Waals surface area contributed by atoms with Crippen LogP contribution in [0.5, 0.6) is 0 Å². The summed E-state index contributed by atoms with van der Waals surface area (Å²) in [4.78, 5) is 30.5. The molecule has 2 amide bonds. The van der Waals surface area contributed by atoms with Crippen LogP contribution < -0.4 is 5.32 Å². The molecule has 132 valence electrons. The van der Waals surface area contributed by atoms with E-state index in [0.717, 1.165) is 0 Å². The maximum atomic E-state index is 14.3. The van der Waals surface area contributed by atoms with E-state index in [9.17, 15) is 14.0 Å². The Kier molecular flexibility index (Phi) is 4.83. The molecule has 1 saturated heterocycles. The molecule has 6 nitrogen and oxygen atoms in total. The highest BCUT2D eigenvalue weighted by Crippen LogP contribution is 2.25. The van der Waals surface area contributed by atoms with Crippen LogP contribution in [0.4, 0.5) is 4.39 Å². The Labute approximate surface area is 145 Å². The van der Waals surface area contributed by atoms with Gasteiger partial charge in [-0.25, -0.2) is 9.37 Å². The van der Waals surface area contributed by atoms with Gasteiger partial charge in [-0.1, -0.05) is 18.2 Å². The molecule has 0 radical (unpaired) electrons. The molecule has 1 fully saturated rings. The largest absolute Gasteiger partial charge is 0.342 e. The third-order valence-corrected chi connectivity index (χ3v) is 4.59. The molecule has 0 unspecified atom stereocenters. The number of nitrogens with zero attached hydrogens (tertiary/aromatic N) is 3. The summed E-state index contributed by atoms with van der Waals surface area (Å²) in [5.41, 5.74) is 0.349. The monoisotopic (exact) mass is 344 g/mol. The molecule has 0 bridgehead atoms. The summed E-state index contributed by atoms with van der Waals surface area (Å²) in [5, 5.41) is 2.88. The molecule has 0 aliphatic carbocycles. The minimum Gasteiger partial charge on any atom is -0.342 e. The number of aromatic nitrogens is 2. The normalized spacial score (nSPS) is 18.4. The van der Waals surface area contributed by atoms with E-state index in [-0.39, 0.29) is 18.2 Å². The predicted octanol–water partition coefficient (Wildman–Crippen LogP) is 1.63. The van der Waals surface area contributed by atoms with Gasteiger partial charge in [0.25, 0.3) is 0 Å². The summed E-state index contributed by atoms with van der Waals surface area (Å²) in [5.74, 6) is -0.590. The fourth-order valence-corrected chi connectivity index (χ4v) is 3.16. The van der Waals surface area contributed by atoms with Crippen LogP contribution in [0.25, 0.3) is 0 Å². The van der Waals surface area contributed by atoms with Gasteiger partial charge < -0.3 is 14.8 Å². The molecule has 1 aromatic carbocycles. The third-order valence-electron chi connectivity index (χ3n) is 4.59. The van der Waals surface area contributed by atoms with Crippen molar-refractivity contribution in [1.29, 1.82) is 0 Å². The first-order valence-corrected chi connectivity index (χ1v) is 8.31. The number of hydrogen-bond donors (Lipinski definition) is 1. The minimum absolute atomic E-state index is 0.0258. The fraction of sp³-hybridized carbons (Fsp3) is 0.389. The van der Waals surface area contributed by atoms with Crippen molar-refractivity contribution in [3.8, 4) is 0 Å². The van der Waals surface area contributed by atoms with Gasteiger partial charge in [0.1, 0.15) is 17.7 Å². The third kappa shape index (κ3) is 3.40. The first-order valence-electron chi connectivity index (χ1n) is 8.31. The number of aryl methyl sites for hydroxylation is 1. The summed E-state index contributed by atoms with van der Waals surface area (Å²) in [6.45, 7) is 2.86. The van der Waals surface area contributed by atoms with Gasteiger partial charge >= 0.3 is 0 Å². The molecule has 1 aliphatic heterocycles. The highest BCUT2D eigenvalue weighted by Gasteiger charge is 2.35. The van der Waals surface area contributed by atoms with Crippen molar-refractivity contribution in [2.75, 3.05) is 13.1 Å².